The first-order valence-corrected chi connectivity index (χ1v) is 10.4. The lowest BCUT2D eigenvalue weighted by atomic mass is 10.1. The number of aromatic nitrogens is 3. The number of nitrogens with one attached hydrogen (secondary N) is 1. The van der Waals surface area contributed by atoms with Crippen LogP contribution in [0.25, 0.3) is 16.7 Å². The molecule has 4 rings (SSSR count). The standard InChI is InChI=1S/C25H26N4O3/c1-15-14-22(25(30)27-16(2)18-6-10-20(31-4)11-7-18)23-17(3)28-29(24(23)26-15)19-8-12-21(32-5)13-9-19/h6-14,16H,1-5H3,(H,27,30). The minimum Gasteiger partial charge on any atom is -0.497 e. The molecule has 0 aliphatic carbocycles. The Labute approximate surface area is 187 Å². The van der Waals surface area contributed by atoms with Crippen molar-refractivity contribution in [1.82, 2.24) is 20.1 Å². The zero-order chi connectivity index (χ0) is 22.8. The summed E-state index contributed by atoms with van der Waals surface area (Å²) in [5.74, 6) is 1.38. The molecule has 4 aromatic rings. The summed E-state index contributed by atoms with van der Waals surface area (Å²) in [4.78, 5) is 18.0. The highest BCUT2D eigenvalue weighted by molar-refractivity contribution is 6.07. The highest BCUT2D eigenvalue weighted by Crippen LogP contribution is 2.26. The van der Waals surface area contributed by atoms with Crippen LogP contribution in [0.4, 0.5) is 0 Å². The Hall–Kier alpha value is -3.87. The number of ether oxygens (including phenoxy) is 2. The Balaban J connectivity index is 1.70. The van der Waals surface area contributed by atoms with Gasteiger partial charge in [-0.25, -0.2) is 9.67 Å². The maximum atomic E-state index is 13.3. The average molecular weight is 431 g/mol. The van der Waals surface area contributed by atoms with E-state index in [0.717, 1.165) is 39.5 Å². The maximum Gasteiger partial charge on any atom is 0.252 e. The fraction of sp³-hybridized carbons (Fsp3) is 0.240. The van der Waals surface area contributed by atoms with Gasteiger partial charge in [0.05, 0.1) is 42.6 Å². The predicted octanol–water partition coefficient (Wildman–Crippen LogP) is 4.55. The average Bonchev–Trinajstić information content (AvgIpc) is 3.14. The largest absolute Gasteiger partial charge is 0.497 e. The van der Waals surface area contributed by atoms with Gasteiger partial charge in [0.2, 0.25) is 0 Å². The number of rotatable bonds is 6. The maximum absolute atomic E-state index is 13.3. The molecule has 2 aromatic carbocycles. The summed E-state index contributed by atoms with van der Waals surface area (Å²) in [6.07, 6.45) is 0. The SMILES string of the molecule is COc1ccc(C(C)NC(=O)c2cc(C)nc3c2c(C)nn3-c2ccc(OC)cc2)cc1. The van der Waals surface area contributed by atoms with Crippen LogP contribution in [0.3, 0.4) is 0 Å². The molecule has 1 unspecified atom stereocenters. The van der Waals surface area contributed by atoms with E-state index in [2.05, 4.69) is 10.4 Å². The fourth-order valence-corrected chi connectivity index (χ4v) is 3.75. The van der Waals surface area contributed by atoms with Gasteiger partial charge in [-0.3, -0.25) is 4.79 Å². The molecule has 0 saturated heterocycles. The van der Waals surface area contributed by atoms with Gasteiger partial charge in [-0.15, -0.1) is 0 Å². The molecule has 32 heavy (non-hydrogen) atoms. The Bertz CT molecular complexity index is 1260. The molecular weight excluding hydrogens is 404 g/mol. The number of methoxy groups -OCH3 is 2. The molecule has 1 N–H and O–H groups in total. The number of pyridine rings is 1. The Kier molecular flexibility index (Phi) is 5.81. The summed E-state index contributed by atoms with van der Waals surface area (Å²) in [5.41, 5.74) is 4.53. The first-order chi connectivity index (χ1) is 15.4. The second kappa shape index (κ2) is 8.70. The van der Waals surface area contributed by atoms with E-state index in [4.69, 9.17) is 14.5 Å². The monoisotopic (exact) mass is 430 g/mol. The van der Waals surface area contributed by atoms with Crippen LogP contribution in [-0.4, -0.2) is 34.9 Å². The van der Waals surface area contributed by atoms with Crippen LogP contribution in [0.1, 0.15) is 40.3 Å². The van der Waals surface area contributed by atoms with Crippen LogP contribution in [0, 0.1) is 13.8 Å². The minimum absolute atomic E-state index is 0.166. The number of amides is 1. The number of hydrogen-bond donors (Lipinski definition) is 1. The van der Waals surface area contributed by atoms with E-state index in [0.29, 0.717) is 11.2 Å². The first-order valence-electron chi connectivity index (χ1n) is 10.4. The molecule has 1 amide bonds. The quantitative estimate of drug-likeness (QED) is 0.486. The predicted molar refractivity (Wildman–Crippen MR) is 124 cm³/mol. The highest BCUT2D eigenvalue weighted by Gasteiger charge is 2.21. The molecule has 7 heteroatoms. The molecule has 0 fully saturated rings. The molecule has 2 aromatic heterocycles. The third-order valence-corrected chi connectivity index (χ3v) is 5.47. The van der Waals surface area contributed by atoms with E-state index >= 15 is 0 Å². The van der Waals surface area contributed by atoms with Crippen molar-refractivity contribution >= 4 is 16.9 Å². The number of carbonyl (C=O) groups excluding carboxylic acids is 1. The van der Waals surface area contributed by atoms with Gasteiger partial charge in [-0.2, -0.15) is 5.10 Å². The van der Waals surface area contributed by atoms with Crippen LogP contribution in [0.2, 0.25) is 0 Å². The van der Waals surface area contributed by atoms with E-state index in [-0.39, 0.29) is 11.9 Å². The lowest BCUT2D eigenvalue weighted by Crippen LogP contribution is -2.27. The van der Waals surface area contributed by atoms with Gasteiger partial charge in [-0.1, -0.05) is 12.1 Å². The van der Waals surface area contributed by atoms with Crippen molar-refractivity contribution in [3.05, 3.63) is 77.1 Å². The number of fused-ring (bicyclic) bond motifs is 1. The van der Waals surface area contributed by atoms with Gasteiger partial charge in [0, 0.05) is 5.69 Å². The van der Waals surface area contributed by atoms with Gasteiger partial charge in [0.1, 0.15) is 11.5 Å². The zero-order valence-electron chi connectivity index (χ0n) is 18.8. The van der Waals surface area contributed by atoms with Gasteiger partial charge in [0.15, 0.2) is 5.65 Å². The van der Waals surface area contributed by atoms with Gasteiger partial charge >= 0.3 is 0 Å². The third kappa shape index (κ3) is 4.01. The highest BCUT2D eigenvalue weighted by atomic mass is 16.5. The summed E-state index contributed by atoms with van der Waals surface area (Å²) in [6.45, 7) is 5.73. The molecule has 0 aliphatic heterocycles. The van der Waals surface area contributed by atoms with Crippen molar-refractivity contribution in [2.24, 2.45) is 0 Å². The van der Waals surface area contributed by atoms with Crippen LogP contribution < -0.4 is 14.8 Å². The van der Waals surface area contributed by atoms with E-state index in [1.54, 1.807) is 18.9 Å². The van der Waals surface area contributed by atoms with Crippen molar-refractivity contribution in [2.75, 3.05) is 14.2 Å². The van der Waals surface area contributed by atoms with Crippen LogP contribution in [-0.2, 0) is 0 Å². The lowest BCUT2D eigenvalue weighted by molar-refractivity contribution is 0.0941. The smallest absolute Gasteiger partial charge is 0.252 e. The molecule has 7 nitrogen and oxygen atoms in total. The number of nitrogens with zero attached hydrogens (tertiary/aromatic N) is 3. The van der Waals surface area contributed by atoms with Crippen LogP contribution in [0.15, 0.2) is 54.6 Å². The lowest BCUT2D eigenvalue weighted by Gasteiger charge is -2.16. The van der Waals surface area contributed by atoms with E-state index in [1.807, 2.05) is 75.4 Å². The number of benzene rings is 2. The first kappa shape index (κ1) is 21.4. The second-order valence-electron chi connectivity index (χ2n) is 7.67. The van der Waals surface area contributed by atoms with Crippen molar-refractivity contribution in [2.45, 2.75) is 26.8 Å². The molecule has 2 heterocycles. The van der Waals surface area contributed by atoms with E-state index in [1.165, 1.54) is 0 Å². The topological polar surface area (TPSA) is 78.3 Å². The Morgan fingerprint density at radius 1 is 0.969 bits per heavy atom. The third-order valence-electron chi connectivity index (χ3n) is 5.47. The summed E-state index contributed by atoms with van der Waals surface area (Å²) >= 11 is 0. The molecule has 0 aliphatic rings. The Morgan fingerprint density at radius 3 is 2.16 bits per heavy atom. The molecule has 164 valence electrons. The van der Waals surface area contributed by atoms with Crippen LogP contribution >= 0.6 is 0 Å². The number of hydrogen-bond acceptors (Lipinski definition) is 5. The Morgan fingerprint density at radius 2 is 1.56 bits per heavy atom. The molecule has 1 atom stereocenters. The van der Waals surface area contributed by atoms with Crippen molar-refractivity contribution in [3.63, 3.8) is 0 Å². The summed E-state index contributed by atoms with van der Waals surface area (Å²) in [6, 6.07) is 16.9. The number of aryl methyl sites for hydroxylation is 2. The number of carbonyl (C=O) groups is 1. The van der Waals surface area contributed by atoms with Gasteiger partial charge < -0.3 is 14.8 Å². The fourth-order valence-electron chi connectivity index (χ4n) is 3.75. The normalized spacial score (nSPS) is 11.9. The van der Waals surface area contributed by atoms with E-state index < -0.39 is 0 Å². The summed E-state index contributed by atoms with van der Waals surface area (Å²) < 4.78 is 12.2. The second-order valence-corrected chi connectivity index (χ2v) is 7.67. The van der Waals surface area contributed by atoms with Crippen LogP contribution in [0.5, 0.6) is 11.5 Å². The molecule has 0 radical (unpaired) electrons. The van der Waals surface area contributed by atoms with Crippen molar-refractivity contribution < 1.29 is 14.3 Å². The van der Waals surface area contributed by atoms with E-state index in [9.17, 15) is 4.79 Å². The zero-order valence-corrected chi connectivity index (χ0v) is 18.8. The molecular formula is C25H26N4O3. The van der Waals surface area contributed by atoms with Gasteiger partial charge in [0.25, 0.3) is 5.91 Å². The van der Waals surface area contributed by atoms with Gasteiger partial charge in [-0.05, 0) is 68.8 Å². The molecule has 0 saturated carbocycles. The molecule has 0 bridgehead atoms. The summed E-state index contributed by atoms with van der Waals surface area (Å²) in [7, 11) is 3.26. The van der Waals surface area contributed by atoms with Crippen molar-refractivity contribution in [3.8, 4) is 17.2 Å². The van der Waals surface area contributed by atoms with Crippen molar-refractivity contribution in [1.29, 1.82) is 0 Å². The molecule has 0 spiro atoms. The summed E-state index contributed by atoms with van der Waals surface area (Å²) in [5, 5.41) is 8.52. The minimum atomic E-state index is -0.172.